The van der Waals surface area contributed by atoms with Gasteiger partial charge in [-0.25, -0.2) is 13.1 Å². The van der Waals surface area contributed by atoms with E-state index in [0.29, 0.717) is 33.2 Å². The van der Waals surface area contributed by atoms with Gasteiger partial charge in [-0.1, -0.05) is 41.9 Å². The number of hydrogen-bond donors (Lipinski definition) is 1. The van der Waals surface area contributed by atoms with Crippen molar-refractivity contribution in [3.63, 3.8) is 0 Å². The Bertz CT molecular complexity index is 1450. The Balaban J connectivity index is 1.79. The molecule has 5 nitrogen and oxygen atoms in total. The van der Waals surface area contributed by atoms with Crippen LogP contribution in [0.4, 0.5) is 18.9 Å². The highest BCUT2D eigenvalue weighted by Gasteiger charge is 2.34. The fourth-order valence-electron chi connectivity index (χ4n) is 3.64. The van der Waals surface area contributed by atoms with Crippen LogP contribution in [0.3, 0.4) is 0 Å². The summed E-state index contributed by atoms with van der Waals surface area (Å²) in [6, 6.07) is 17.6. The summed E-state index contributed by atoms with van der Waals surface area (Å²) in [5.41, 5.74) is 1.56. The summed E-state index contributed by atoms with van der Waals surface area (Å²) in [7, 11) is -3.87. The first-order chi connectivity index (χ1) is 15.1. The van der Waals surface area contributed by atoms with Gasteiger partial charge < -0.3 is 0 Å². The fourth-order valence-corrected chi connectivity index (χ4v) is 5.05. The van der Waals surface area contributed by atoms with E-state index in [2.05, 4.69) is 9.82 Å². The summed E-state index contributed by atoms with van der Waals surface area (Å²) < 4.78 is 68.9. The normalized spacial score (nSPS) is 14.4. The Labute approximate surface area is 186 Å². The molecule has 0 bridgehead atoms. The molecule has 0 atom stereocenters. The lowest BCUT2D eigenvalue weighted by atomic mass is 10.1. The third-order valence-electron chi connectivity index (χ3n) is 5.11. The molecule has 5 rings (SSSR count). The number of benzene rings is 3. The van der Waals surface area contributed by atoms with Gasteiger partial charge in [-0.15, -0.1) is 0 Å². The van der Waals surface area contributed by atoms with Crippen molar-refractivity contribution < 1.29 is 21.6 Å². The van der Waals surface area contributed by atoms with Crippen molar-refractivity contribution >= 4 is 27.3 Å². The Morgan fingerprint density at radius 1 is 0.906 bits per heavy atom. The summed E-state index contributed by atoms with van der Waals surface area (Å²) in [6.45, 7) is 0. The van der Waals surface area contributed by atoms with Crippen LogP contribution in [0.15, 0.2) is 77.7 Å². The number of sulfonamides is 1. The highest BCUT2D eigenvalue weighted by Crippen LogP contribution is 2.45. The number of anilines is 1. The van der Waals surface area contributed by atoms with Gasteiger partial charge in [0.25, 0.3) is 10.0 Å². The summed E-state index contributed by atoms with van der Waals surface area (Å²) >= 11 is 5.98. The van der Waals surface area contributed by atoms with E-state index in [4.69, 9.17) is 11.6 Å². The molecule has 0 fully saturated rings. The van der Waals surface area contributed by atoms with Gasteiger partial charge in [0, 0.05) is 16.1 Å². The zero-order chi connectivity index (χ0) is 22.7. The van der Waals surface area contributed by atoms with Gasteiger partial charge in [-0.2, -0.15) is 18.3 Å². The highest BCUT2D eigenvalue weighted by atomic mass is 35.5. The maximum absolute atomic E-state index is 13.0. The Morgan fingerprint density at radius 2 is 1.56 bits per heavy atom. The molecule has 0 aliphatic carbocycles. The molecule has 4 aromatic rings. The molecule has 0 unspecified atom stereocenters. The van der Waals surface area contributed by atoms with E-state index in [-0.39, 0.29) is 10.6 Å². The molecular formula is C22H13ClF3N3O2S. The molecule has 0 saturated carbocycles. The van der Waals surface area contributed by atoms with Gasteiger partial charge in [-0.3, -0.25) is 4.72 Å². The van der Waals surface area contributed by atoms with Crippen molar-refractivity contribution in [2.24, 2.45) is 0 Å². The maximum Gasteiger partial charge on any atom is 0.416 e. The van der Waals surface area contributed by atoms with Crippen LogP contribution >= 0.6 is 11.6 Å². The zero-order valence-corrected chi connectivity index (χ0v) is 17.6. The molecule has 2 heterocycles. The highest BCUT2D eigenvalue weighted by molar-refractivity contribution is 7.93. The molecular weight excluding hydrogens is 463 g/mol. The van der Waals surface area contributed by atoms with Crippen molar-refractivity contribution in [2.75, 3.05) is 4.72 Å². The summed E-state index contributed by atoms with van der Waals surface area (Å²) in [4.78, 5) is 0.0585. The van der Waals surface area contributed by atoms with Crippen LogP contribution < -0.4 is 4.72 Å². The van der Waals surface area contributed by atoms with Gasteiger partial charge in [0.2, 0.25) is 0 Å². The SMILES string of the molecule is O=S1(=O)Nc2c(-c3ccc(Cl)cc3)nn(-c3ccc(C(F)(F)F)cc3)c2-c2ccccc21. The molecule has 10 heteroatoms. The average molecular weight is 476 g/mol. The second-order valence-corrected chi connectivity index (χ2v) is 9.22. The predicted octanol–water partition coefficient (Wildman–Crippen LogP) is 5.99. The van der Waals surface area contributed by atoms with E-state index < -0.39 is 21.8 Å². The number of rotatable bonds is 2. The van der Waals surface area contributed by atoms with Crippen LogP contribution in [0.1, 0.15) is 5.56 Å². The second kappa shape index (κ2) is 7.11. The number of aromatic nitrogens is 2. The van der Waals surface area contributed by atoms with Gasteiger partial charge >= 0.3 is 6.18 Å². The van der Waals surface area contributed by atoms with Crippen molar-refractivity contribution in [3.05, 3.63) is 83.4 Å². The van der Waals surface area contributed by atoms with Gasteiger partial charge in [0.1, 0.15) is 17.1 Å². The van der Waals surface area contributed by atoms with Crippen molar-refractivity contribution in [1.29, 1.82) is 0 Å². The molecule has 32 heavy (non-hydrogen) atoms. The maximum atomic E-state index is 13.0. The van der Waals surface area contributed by atoms with Crippen molar-refractivity contribution in [1.82, 2.24) is 9.78 Å². The van der Waals surface area contributed by atoms with Gasteiger partial charge in [0.05, 0.1) is 16.1 Å². The number of fused-ring (bicyclic) bond motifs is 3. The monoisotopic (exact) mass is 475 g/mol. The quantitative estimate of drug-likeness (QED) is 0.387. The molecule has 162 valence electrons. The van der Waals surface area contributed by atoms with Crippen molar-refractivity contribution in [2.45, 2.75) is 11.1 Å². The predicted molar refractivity (Wildman–Crippen MR) is 115 cm³/mol. The lowest BCUT2D eigenvalue weighted by molar-refractivity contribution is -0.137. The minimum Gasteiger partial charge on any atom is -0.275 e. The zero-order valence-electron chi connectivity index (χ0n) is 16.1. The topological polar surface area (TPSA) is 64.0 Å². The molecule has 0 radical (unpaired) electrons. The Kier molecular flexibility index (Phi) is 4.58. The van der Waals surface area contributed by atoms with E-state index >= 15 is 0 Å². The Morgan fingerprint density at radius 3 is 2.22 bits per heavy atom. The summed E-state index contributed by atoms with van der Waals surface area (Å²) in [5.74, 6) is 0. The van der Waals surface area contributed by atoms with E-state index in [9.17, 15) is 21.6 Å². The lowest BCUT2D eigenvalue weighted by Gasteiger charge is -2.20. The van der Waals surface area contributed by atoms with Crippen LogP contribution in [0.2, 0.25) is 5.02 Å². The summed E-state index contributed by atoms with van der Waals surface area (Å²) in [6.07, 6.45) is -4.47. The molecule has 1 aliphatic rings. The van der Waals surface area contributed by atoms with Crippen LogP contribution in [-0.4, -0.2) is 18.2 Å². The van der Waals surface area contributed by atoms with E-state index in [1.807, 2.05) is 0 Å². The van der Waals surface area contributed by atoms with E-state index in [1.165, 1.54) is 22.9 Å². The second-order valence-electron chi connectivity index (χ2n) is 7.14. The number of alkyl halides is 3. The first-order valence-electron chi connectivity index (χ1n) is 9.34. The fraction of sp³-hybridized carbons (Fsp3) is 0.0455. The molecule has 0 spiro atoms. The van der Waals surface area contributed by atoms with Crippen molar-refractivity contribution in [3.8, 4) is 28.2 Å². The average Bonchev–Trinajstić information content (AvgIpc) is 3.12. The van der Waals surface area contributed by atoms with Gasteiger partial charge in [-0.05, 0) is 42.5 Å². The molecule has 1 N–H and O–H groups in total. The molecule has 1 aromatic heterocycles. The number of halogens is 4. The first kappa shape index (κ1) is 20.6. The molecule has 1 aliphatic heterocycles. The number of nitrogens with one attached hydrogen (secondary N) is 1. The molecule has 0 saturated heterocycles. The standard InChI is InChI=1S/C22H13ClF3N3O2S/c23-15-9-5-13(6-10-15)19-20-21(17-3-1-2-4-18(17)32(30,31)28-20)29(27-19)16-11-7-14(8-12-16)22(24,25)26/h1-12,28H. The summed E-state index contributed by atoms with van der Waals surface area (Å²) in [5, 5.41) is 5.08. The largest absolute Gasteiger partial charge is 0.416 e. The smallest absolute Gasteiger partial charge is 0.275 e. The molecule has 3 aromatic carbocycles. The van der Waals surface area contributed by atoms with Crippen LogP contribution in [0, 0.1) is 0 Å². The van der Waals surface area contributed by atoms with E-state index in [0.717, 1.165) is 12.1 Å². The third-order valence-corrected chi connectivity index (χ3v) is 6.77. The van der Waals surface area contributed by atoms with Gasteiger partial charge in [0.15, 0.2) is 0 Å². The molecule has 0 amide bonds. The number of nitrogens with zero attached hydrogens (tertiary/aromatic N) is 2. The minimum atomic E-state index is -4.47. The third kappa shape index (κ3) is 3.34. The van der Waals surface area contributed by atoms with Crippen LogP contribution in [0.5, 0.6) is 0 Å². The van der Waals surface area contributed by atoms with Crippen LogP contribution in [0.25, 0.3) is 28.2 Å². The minimum absolute atomic E-state index is 0.0585. The van der Waals surface area contributed by atoms with Crippen LogP contribution in [-0.2, 0) is 16.2 Å². The van der Waals surface area contributed by atoms with E-state index in [1.54, 1.807) is 42.5 Å². The first-order valence-corrected chi connectivity index (χ1v) is 11.2. The number of hydrogen-bond acceptors (Lipinski definition) is 3. The Hall–Kier alpha value is -3.30. The lowest BCUT2D eigenvalue weighted by Crippen LogP contribution is -2.19.